The Morgan fingerprint density at radius 2 is 2.05 bits per heavy atom. The highest BCUT2D eigenvalue weighted by molar-refractivity contribution is 5.81. The molecule has 0 fully saturated rings. The Balaban J connectivity index is 2.25. The van der Waals surface area contributed by atoms with E-state index in [9.17, 15) is 0 Å². The number of aromatic nitrogens is 1. The van der Waals surface area contributed by atoms with Crippen molar-refractivity contribution in [1.29, 1.82) is 0 Å². The molecule has 2 aromatic rings. The molecule has 2 N–H and O–H groups in total. The molecule has 0 spiro atoms. The topological polar surface area (TPSA) is 43.3 Å². The van der Waals surface area contributed by atoms with Gasteiger partial charge >= 0.3 is 0 Å². The Bertz CT molecular complexity index is 782. The van der Waals surface area contributed by atoms with E-state index >= 15 is 0 Å². The molecule has 1 aromatic heterocycles. The first-order valence-corrected chi connectivity index (χ1v) is 7.35. The zero-order valence-electron chi connectivity index (χ0n) is 12.7. The van der Waals surface area contributed by atoms with Crippen LogP contribution in [-0.4, -0.2) is 11.6 Å². The molecule has 0 saturated carbocycles. The van der Waals surface area contributed by atoms with E-state index in [1.165, 1.54) is 17.5 Å². The van der Waals surface area contributed by atoms with Crippen molar-refractivity contribution in [3.63, 3.8) is 0 Å². The van der Waals surface area contributed by atoms with Gasteiger partial charge in [0.1, 0.15) is 5.49 Å². The quantitative estimate of drug-likeness (QED) is 0.843. The van der Waals surface area contributed by atoms with Gasteiger partial charge in [0.25, 0.3) is 0 Å². The van der Waals surface area contributed by atoms with Crippen LogP contribution in [0.4, 0.5) is 5.69 Å². The van der Waals surface area contributed by atoms with Crippen LogP contribution in [0.25, 0.3) is 17.3 Å². The highest BCUT2D eigenvalue weighted by atomic mass is 15.0. The van der Waals surface area contributed by atoms with Gasteiger partial charge in [0.15, 0.2) is 0 Å². The van der Waals surface area contributed by atoms with Crippen LogP contribution in [0.1, 0.15) is 23.1 Å². The summed E-state index contributed by atoms with van der Waals surface area (Å²) in [7, 11) is 1.80. The normalized spacial score (nSPS) is 14.3. The van der Waals surface area contributed by atoms with E-state index < -0.39 is 0 Å². The zero-order chi connectivity index (χ0) is 15.0. The molecule has 1 aliphatic rings. The summed E-state index contributed by atoms with van der Waals surface area (Å²) in [5, 5.41) is 0. The van der Waals surface area contributed by atoms with Crippen LogP contribution < -0.4 is 11.2 Å². The summed E-state index contributed by atoms with van der Waals surface area (Å²) in [6.45, 7) is 5.91. The lowest BCUT2D eigenvalue weighted by molar-refractivity contribution is 0.912. The van der Waals surface area contributed by atoms with Crippen molar-refractivity contribution in [1.82, 2.24) is 4.57 Å². The van der Waals surface area contributed by atoms with E-state index in [0.29, 0.717) is 0 Å². The number of nitrogens with two attached hydrogens (primary N) is 1. The summed E-state index contributed by atoms with van der Waals surface area (Å²) < 4.78 is 1.93. The van der Waals surface area contributed by atoms with Gasteiger partial charge in [-0.1, -0.05) is 18.7 Å². The lowest BCUT2D eigenvalue weighted by Gasteiger charge is -2.14. The van der Waals surface area contributed by atoms with Gasteiger partial charge in [-0.2, -0.15) is 0 Å². The van der Waals surface area contributed by atoms with Crippen molar-refractivity contribution in [2.45, 2.75) is 26.2 Å². The lowest BCUT2D eigenvalue weighted by Crippen LogP contribution is -2.20. The molecule has 0 amide bonds. The number of hydrogen-bond donors (Lipinski definition) is 1. The van der Waals surface area contributed by atoms with Gasteiger partial charge in [-0.05, 0) is 54.5 Å². The third-order valence-corrected chi connectivity index (χ3v) is 4.41. The maximum Gasteiger partial charge on any atom is 0.134 e. The second-order valence-electron chi connectivity index (χ2n) is 5.51. The van der Waals surface area contributed by atoms with Crippen molar-refractivity contribution in [3.8, 4) is 11.1 Å². The van der Waals surface area contributed by atoms with Crippen LogP contribution >= 0.6 is 0 Å². The Hall–Kier alpha value is -2.29. The smallest absolute Gasteiger partial charge is 0.134 e. The second-order valence-corrected chi connectivity index (χ2v) is 5.51. The van der Waals surface area contributed by atoms with Crippen molar-refractivity contribution < 1.29 is 0 Å². The molecule has 0 aliphatic heterocycles. The predicted molar refractivity (Wildman–Crippen MR) is 88.9 cm³/mol. The lowest BCUT2D eigenvalue weighted by atomic mass is 9.96. The molecular formula is C18H21N3. The summed E-state index contributed by atoms with van der Waals surface area (Å²) in [6, 6.07) is 6.48. The van der Waals surface area contributed by atoms with Crippen LogP contribution in [0.15, 0.2) is 36.0 Å². The number of fused-ring (bicyclic) bond motifs is 1. The Labute approximate surface area is 125 Å². The Kier molecular flexibility index (Phi) is 3.42. The summed E-state index contributed by atoms with van der Waals surface area (Å²) in [5.74, 6) is 0. The molecule has 3 rings (SSSR count). The fraction of sp³-hybridized carbons (Fsp3) is 0.278. The average Bonchev–Trinajstić information content (AvgIpc) is 2.97. The molecule has 0 saturated heterocycles. The highest BCUT2D eigenvalue weighted by Gasteiger charge is 2.17. The highest BCUT2D eigenvalue weighted by Crippen LogP contribution is 2.35. The molecule has 0 radical (unpaired) electrons. The summed E-state index contributed by atoms with van der Waals surface area (Å²) in [4.78, 5) is 4.38. The Morgan fingerprint density at radius 3 is 2.76 bits per heavy atom. The average molecular weight is 279 g/mol. The van der Waals surface area contributed by atoms with E-state index in [0.717, 1.165) is 40.7 Å². The molecule has 1 heterocycles. The molecular weight excluding hydrogens is 258 g/mol. The van der Waals surface area contributed by atoms with Gasteiger partial charge in [-0.3, -0.25) is 4.99 Å². The fourth-order valence-electron chi connectivity index (χ4n) is 3.32. The molecule has 108 valence electrons. The third kappa shape index (κ3) is 2.09. The molecule has 21 heavy (non-hydrogen) atoms. The number of hydrogen-bond acceptors (Lipinski definition) is 2. The standard InChI is InChI=1S/C18H21N3/c1-4-21-11-10-14(12(2)18(21)20-3)16-9-8-13-6-5-7-15(13)17(16)19/h4,8-11H,1,5-7,19H2,2-3H3. The maximum absolute atomic E-state index is 6.44. The largest absolute Gasteiger partial charge is 0.398 e. The number of pyridine rings is 1. The number of nitrogens with zero attached hydrogens (tertiary/aromatic N) is 2. The number of benzene rings is 1. The number of nitrogen functional groups attached to an aromatic ring is 1. The molecule has 1 aliphatic carbocycles. The minimum absolute atomic E-state index is 0.919. The van der Waals surface area contributed by atoms with Crippen molar-refractivity contribution >= 4 is 11.9 Å². The van der Waals surface area contributed by atoms with Crippen LogP contribution in [0.2, 0.25) is 0 Å². The third-order valence-electron chi connectivity index (χ3n) is 4.41. The number of rotatable bonds is 2. The first kappa shape index (κ1) is 13.7. The number of anilines is 1. The monoisotopic (exact) mass is 279 g/mol. The molecule has 0 atom stereocenters. The van der Waals surface area contributed by atoms with E-state index in [1.54, 1.807) is 13.2 Å². The van der Waals surface area contributed by atoms with Crippen molar-refractivity contribution in [3.05, 3.63) is 53.2 Å². The van der Waals surface area contributed by atoms with Gasteiger partial charge in [0.2, 0.25) is 0 Å². The van der Waals surface area contributed by atoms with Gasteiger partial charge < -0.3 is 10.3 Å². The van der Waals surface area contributed by atoms with Crippen molar-refractivity contribution in [2.24, 2.45) is 4.99 Å². The first-order valence-electron chi connectivity index (χ1n) is 7.35. The molecule has 0 unspecified atom stereocenters. The zero-order valence-corrected chi connectivity index (χ0v) is 12.7. The minimum Gasteiger partial charge on any atom is -0.398 e. The molecule has 0 bridgehead atoms. The molecule has 3 heteroatoms. The van der Waals surface area contributed by atoms with Gasteiger partial charge in [-0.25, -0.2) is 0 Å². The summed E-state index contributed by atoms with van der Waals surface area (Å²) in [6.07, 6.45) is 7.22. The van der Waals surface area contributed by atoms with E-state index in [2.05, 4.69) is 36.7 Å². The van der Waals surface area contributed by atoms with E-state index in [1.807, 2.05) is 10.8 Å². The predicted octanol–water partition coefficient (Wildman–Crippen LogP) is 3.17. The van der Waals surface area contributed by atoms with Crippen LogP contribution in [0, 0.1) is 6.92 Å². The van der Waals surface area contributed by atoms with Gasteiger partial charge in [0, 0.05) is 30.7 Å². The molecule has 1 aromatic carbocycles. The number of aryl methyl sites for hydroxylation is 1. The maximum atomic E-state index is 6.44. The van der Waals surface area contributed by atoms with E-state index in [-0.39, 0.29) is 0 Å². The molecule has 3 nitrogen and oxygen atoms in total. The van der Waals surface area contributed by atoms with Crippen LogP contribution in [0.3, 0.4) is 0 Å². The van der Waals surface area contributed by atoms with E-state index in [4.69, 9.17) is 5.73 Å². The Morgan fingerprint density at radius 1 is 1.24 bits per heavy atom. The minimum atomic E-state index is 0.919. The summed E-state index contributed by atoms with van der Waals surface area (Å²) in [5.41, 5.74) is 14.4. The second kappa shape index (κ2) is 5.24. The summed E-state index contributed by atoms with van der Waals surface area (Å²) >= 11 is 0. The van der Waals surface area contributed by atoms with Crippen LogP contribution in [-0.2, 0) is 12.8 Å². The first-order chi connectivity index (χ1) is 10.2. The van der Waals surface area contributed by atoms with Crippen molar-refractivity contribution in [2.75, 3.05) is 12.8 Å². The van der Waals surface area contributed by atoms with Gasteiger partial charge in [0.05, 0.1) is 0 Å². The fourth-order valence-corrected chi connectivity index (χ4v) is 3.32. The van der Waals surface area contributed by atoms with Crippen LogP contribution in [0.5, 0.6) is 0 Å². The van der Waals surface area contributed by atoms with Gasteiger partial charge in [-0.15, -0.1) is 0 Å². The SMILES string of the molecule is C=Cn1ccc(-c2ccc3c(c2N)CCC3)c(C)c1=NC.